The Labute approximate surface area is 115 Å². The number of rotatable bonds is 4. The molecule has 0 spiro atoms. The number of ether oxygens (including phenoxy) is 1. The molecule has 0 fully saturated rings. The van der Waals surface area contributed by atoms with Crippen molar-refractivity contribution < 1.29 is 14.3 Å². The summed E-state index contributed by atoms with van der Waals surface area (Å²) < 4.78 is 5.39. The number of nitrogens with one attached hydrogen (secondary N) is 1. The number of carbonyl (C=O) groups is 2. The van der Waals surface area contributed by atoms with E-state index in [1.54, 1.807) is 25.1 Å². The Bertz CT molecular complexity index is 461. The average Bonchev–Trinajstić information content (AvgIpc) is 2.37. The number of benzene rings is 1. The van der Waals surface area contributed by atoms with E-state index in [0.29, 0.717) is 16.5 Å². The lowest BCUT2D eigenvalue weighted by Crippen LogP contribution is -2.52. The second kappa shape index (κ2) is 6.00. The maximum absolute atomic E-state index is 12.1. The molecule has 0 aromatic heterocycles. The van der Waals surface area contributed by atoms with Gasteiger partial charge in [0.2, 0.25) is 0 Å². The molecule has 1 aromatic rings. The number of carbonyl (C=O) groups excluding carboxylic acids is 2. The normalized spacial score (nSPS) is 13.6. The van der Waals surface area contributed by atoms with Crippen molar-refractivity contribution in [3.8, 4) is 0 Å². The summed E-state index contributed by atoms with van der Waals surface area (Å²) in [6.45, 7) is 3.46. The number of methoxy groups -OCH3 is 1. The van der Waals surface area contributed by atoms with Gasteiger partial charge in [-0.25, -0.2) is 4.79 Å². The maximum Gasteiger partial charge on any atom is 0.331 e. The summed E-state index contributed by atoms with van der Waals surface area (Å²) in [7, 11) is 1.31. The van der Waals surface area contributed by atoms with Crippen molar-refractivity contribution in [2.24, 2.45) is 0 Å². The lowest BCUT2D eigenvalue weighted by molar-refractivity contribution is -0.147. The Kier molecular flexibility index (Phi) is 4.90. The quantitative estimate of drug-likeness (QED) is 0.869. The van der Waals surface area contributed by atoms with Crippen molar-refractivity contribution in [1.82, 2.24) is 5.32 Å². The minimum absolute atomic E-state index is 0.308. The fraction of sp³-hybridized carbons (Fsp3) is 0.385. The number of amides is 1. The number of hydrogen-bond donors (Lipinski definition) is 1. The predicted octanol–water partition coefficient (Wildman–Crippen LogP) is 2.52. The number of esters is 1. The van der Waals surface area contributed by atoms with Crippen molar-refractivity contribution in [2.45, 2.75) is 25.8 Å². The monoisotopic (exact) mass is 313 g/mol. The van der Waals surface area contributed by atoms with E-state index in [2.05, 4.69) is 21.2 Å². The Morgan fingerprint density at radius 3 is 2.50 bits per heavy atom. The van der Waals surface area contributed by atoms with Crippen molar-refractivity contribution in [2.75, 3.05) is 7.11 Å². The van der Waals surface area contributed by atoms with Crippen LogP contribution in [-0.4, -0.2) is 24.5 Å². The van der Waals surface area contributed by atoms with Crippen LogP contribution >= 0.6 is 15.9 Å². The molecular formula is C13H16BrNO3. The molecule has 5 heteroatoms. The lowest BCUT2D eigenvalue weighted by Gasteiger charge is -2.26. The molecule has 18 heavy (non-hydrogen) atoms. The summed E-state index contributed by atoms with van der Waals surface area (Å²) in [6.07, 6.45) is 0.454. The minimum Gasteiger partial charge on any atom is -0.467 e. The van der Waals surface area contributed by atoms with E-state index >= 15 is 0 Å². The molecule has 1 aromatic carbocycles. The molecule has 1 atom stereocenters. The summed E-state index contributed by atoms with van der Waals surface area (Å²) in [6, 6.07) is 7.05. The van der Waals surface area contributed by atoms with Crippen LogP contribution in [0.3, 0.4) is 0 Å². The zero-order chi connectivity index (χ0) is 13.8. The first-order chi connectivity index (χ1) is 8.44. The van der Waals surface area contributed by atoms with E-state index in [0.717, 1.165) is 0 Å². The summed E-state index contributed by atoms with van der Waals surface area (Å²) in [5.74, 6) is -0.761. The standard InChI is InChI=1S/C13H16BrNO3/c1-4-13(2,12(17)18-3)15-11(16)9-7-5-6-8-10(9)14/h5-8H,4H2,1-3H3,(H,15,16)/t13-/m0/s1. The highest BCUT2D eigenvalue weighted by Crippen LogP contribution is 2.18. The van der Waals surface area contributed by atoms with Gasteiger partial charge in [0.15, 0.2) is 0 Å². The second-order valence-corrected chi connectivity index (χ2v) is 4.97. The molecular weight excluding hydrogens is 298 g/mol. The minimum atomic E-state index is -1.01. The Morgan fingerprint density at radius 1 is 1.39 bits per heavy atom. The fourth-order valence-electron chi connectivity index (χ4n) is 1.47. The predicted molar refractivity (Wildman–Crippen MR) is 72.3 cm³/mol. The van der Waals surface area contributed by atoms with Gasteiger partial charge in [-0.05, 0) is 41.4 Å². The van der Waals surface area contributed by atoms with Gasteiger partial charge in [0.05, 0.1) is 12.7 Å². The number of halogens is 1. The van der Waals surface area contributed by atoms with Crippen molar-refractivity contribution in [3.05, 3.63) is 34.3 Å². The van der Waals surface area contributed by atoms with Crippen LogP contribution < -0.4 is 5.32 Å². The zero-order valence-electron chi connectivity index (χ0n) is 10.6. The molecule has 0 bridgehead atoms. The van der Waals surface area contributed by atoms with Crippen LogP contribution in [0.4, 0.5) is 0 Å². The first kappa shape index (κ1) is 14.7. The van der Waals surface area contributed by atoms with Crippen LogP contribution in [0.2, 0.25) is 0 Å². The van der Waals surface area contributed by atoms with Gasteiger partial charge in [-0.3, -0.25) is 4.79 Å². The van der Waals surface area contributed by atoms with E-state index in [1.165, 1.54) is 7.11 Å². The van der Waals surface area contributed by atoms with E-state index < -0.39 is 11.5 Å². The zero-order valence-corrected chi connectivity index (χ0v) is 12.2. The van der Waals surface area contributed by atoms with Gasteiger partial charge in [0, 0.05) is 4.47 Å². The van der Waals surface area contributed by atoms with Crippen LogP contribution in [0.5, 0.6) is 0 Å². The highest BCUT2D eigenvalue weighted by Gasteiger charge is 2.34. The van der Waals surface area contributed by atoms with Gasteiger partial charge in [-0.15, -0.1) is 0 Å². The van der Waals surface area contributed by atoms with Crippen molar-refractivity contribution >= 4 is 27.8 Å². The molecule has 1 amide bonds. The van der Waals surface area contributed by atoms with E-state index in [9.17, 15) is 9.59 Å². The van der Waals surface area contributed by atoms with E-state index in [4.69, 9.17) is 4.74 Å². The molecule has 0 unspecified atom stereocenters. The van der Waals surface area contributed by atoms with Crippen molar-refractivity contribution in [3.63, 3.8) is 0 Å². The van der Waals surface area contributed by atoms with Crippen LogP contribution in [0, 0.1) is 0 Å². The van der Waals surface area contributed by atoms with Gasteiger partial charge in [-0.1, -0.05) is 19.1 Å². The van der Waals surface area contributed by atoms with Crippen LogP contribution in [0.1, 0.15) is 30.6 Å². The largest absolute Gasteiger partial charge is 0.467 e. The first-order valence-electron chi connectivity index (χ1n) is 5.60. The van der Waals surface area contributed by atoms with Gasteiger partial charge in [0.25, 0.3) is 5.91 Å². The van der Waals surface area contributed by atoms with E-state index in [-0.39, 0.29) is 5.91 Å². The fourth-order valence-corrected chi connectivity index (χ4v) is 1.94. The number of hydrogen-bond acceptors (Lipinski definition) is 3. The Morgan fingerprint density at radius 2 is 2.00 bits per heavy atom. The third kappa shape index (κ3) is 3.10. The van der Waals surface area contributed by atoms with E-state index in [1.807, 2.05) is 13.0 Å². The second-order valence-electron chi connectivity index (χ2n) is 4.11. The summed E-state index contributed by atoms with van der Waals surface area (Å²) in [5.41, 5.74) is -0.526. The van der Waals surface area contributed by atoms with Crippen molar-refractivity contribution in [1.29, 1.82) is 0 Å². The molecule has 98 valence electrons. The van der Waals surface area contributed by atoms with Gasteiger partial charge in [0.1, 0.15) is 5.54 Å². The summed E-state index contributed by atoms with van der Waals surface area (Å²) in [5, 5.41) is 2.71. The Hall–Kier alpha value is -1.36. The molecule has 0 heterocycles. The third-order valence-corrected chi connectivity index (χ3v) is 3.54. The lowest BCUT2D eigenvalue weighted by atomic mass is 9.98. The van der Waals surface area contributed by atoms with Gasteiger partial charge in [-0.2, -0.15) is 0 Å². The van der Waals surface area contributed by atoms with Gasteiger partial charge < -0.3 is 10.1 Å². The smallest absolute Gasteiger partial charge is 0.331 e. The molecule has 0 aliphatic rings. The van der Waals surface area contributed by atoms with Crippen LogP contribution in [0.15, 0.2) is 28.7 Å². The topological polar surface area (TPSA) is 55.4 Å². The first-order valence-corrected chi connectivity index (χ1v) is 6.39. The highest BCUT2D eigenvalue weighted by molar-refractivity contribution is 9.10. The third-order valence-electron chi connectivity index (χ3n) is 2.85. The van der Waals surface area contributed by atoms with Crippen LogP contribution in [-0.2, 0) is 9.53 Å². The molecule has 0 aliphatic heterocycles. The highest BCUT2D eigenvalue weighted by atomic mass is 79.9. The molecule has 1 rings (SSSR count). The van der Waals surface area contributed by atoms with Crippen LogP contribution in [0.25, 0.3) is 0 Å². The molecule has 1 N–H and O–H groups in total. The Balaban J connectivity index is 2.93. The maximum atomic E-state index is 12.1. The molecule has 0 radical (unpaired) electrons. The summed E-state index contributed by atoms with van der Waals surface area (Å²) in [4.78, 5) is 23.8. The summed E-state index contributed by atoms with van der Waals surface area (Å²) >= 11 is 3.30. The molecule has 0 saturated carbocycles. The SMILES string of the molecule is CC[C@](C)(NC(=O)c1ccccc1Br)C(=O)OC. The molecule has 0 aliphatic carbocycles. The molecule has 0 saturated heterocycles. The molecule has 4 nitrogen and oxygen atoms in total. The van der Waals surface area contributed by atoms with Gasteiger partial charge >= 0.3 is 5.97 Å². The average molecular weight is 314 g/mol.